The second-order valence-corrected chi connectivity index (χ2v) is 5.43. The molecule has 0 N–H and O–H groups in total. The molecule has 0 spiro atoms. The molecule has 0 aliphatic carbocycles. The molecule has 20 heavy (non-hydrogen) atoms. The van der Waals surface area contributed by atoms with Gasteiger partial charge in [-0.05, 0) is 42.7 Å². The third kappa shape index (κ3) is 3.56. The highest BCUT2D eigenvalue weighted by atomic mass is 35.5. The van der Waals surface area contributed by atoms with Crippen LogP contribution in [-0.2, 0) is 4.74 Å². The van der Waals surface area contributed by atoms with Crippen LogP contribution < -0.4 is 0 Å². The van der Waals surface area contributed by atoms with Crippen molar-refractivity contribution < 1.29 is 9.53 Å². The quantitative estimate of drug-likeness (QED) is 0.618. The number of aliphatic imine (C=N–C) groups is 1. The number of esters is 1. The van der Waals surface area contributed by atoms with Gasteiger partial charge in [0.15, 0.2) is 0 Å². The highest BCUT2D eigenvalue weighted by Gasteiger charge is 2.08. The van der Waals surface area contributed by atoms with E-state index in [0.717, 1.165) is 11.5 Å². The minimum atomic E-state index is -0.350. The molecule has 0 aliphatic heterocycles. The molecule has 0 radical (unpaired) electrons. The Kier molecular flexibility index (Phi) is 5.11. The minimum Gasteiger partial charge on any atom is -0.462 e. The summed E-state index contributed by atoms with van der Waals surface area (Å²) in [5.41, 5.74) is 1.69. The van der Waals surface area contributed by atoms with Crippen molar-refractivity contribution >= 4 is 52.6 Å². The fourth-order valence-corrected chi connectivity index (χ4v) is 2.33. The van der Waals surface area contributed by atoms with E-state index < -0.39 is 0 Å². The number of hydrogen-bond donors (Lipinski definition) is 0. The SMILES string of the molecule is CCOC(=O)c1ccc(N=Cc2nsc(Cl)c2Cl)cc1. The van der Waals surface area contributed by atoms with Crippen LogP contribution in [-0.4, -0.2) is 23.2 Å². The van der Waals surface area contributed by atoms with E-state index in [1.165, 1.54) is 6.21 Å². The molecule has 0 saturated heterocycles. The van der Waals surface area contributed by atoms with Crippen LogP contribution in [0.4, 0.5) is 5.69 Å². The molecule has 4 nitrogen and oxygen atoms in total. The molecule has 2 rings (SSSR count). The molecule has 0 amide bonds. The van der Waals surface area contributed by atoms with Crippen LogP contribution in [0.3, 0.4) is 0 Å². The molecule has 104 valence electrons. The van der Waals surface area contributed by atoms with Crippen molar-refractivity contribution in [3.05, 3.63) is 44.9 Å². The van der Waals surface area contributed by atoms with Gasteiger partial charge in [0.05, 0.1) is 29.1 Å². The van der Waals surface area contributed by atoms with Gasteiger partial charge >= 0.3 is 5.97 Å². The first-order valence-corrected chi connectivity index (χ1v) is 7.26. The number of carbonyl (C=O) groups is 1. The first-order chi connectivity index (χ1) is 9.61. The summed E-state index contributed by atoms with van der Waals surface area (Å²) in [5, 5.41) is 0.392. The van der Waals surface area contributed by atoms with Gasteiger partial charge in [-0.2, -0.15) is 4.37 Å². The number of ether oxygens (including phenoxy) is 1. The molecule has 7 heteroatoms. The number of carbonyl (C=O) groups excluding carboxylic acids is 1. The van der Waals surface area contributed by atoms with Gasteiger partial charge in [0.2, 0.25) is 0 Å². The predicted molar refractivity (Wildman–Crippen MR) is 81.8 cm³/mol. The van der Waals surface area contributed by atoms with E-state index in [0.29, 0.717) is 32.9 Å². The molecule has 2 aromatic rings. The fraction of sp³-hybridized carbons (Fsp3) is 0.154. The highest BCUT2D eigenvalue weighted by Crippen LogP contribution is 2.28. The number of nitrogens with zero attached hydrogens (tertiary/aromatic N) is 2. The van der Waals surface area contributed by atoms with E-state index in [-0.39, 0.29) is 5.97 Å². The molecular weight excluding hydrogens is 319 g/mol. The standard InChI is InChI=1S/C13H10Cl2N2O2S/c1-2-19-13(18)8-3-5-9(6-4-8)16-7-10-11(14)12(15)20-17-10/h3-7H,2H2,1H3. The molecule has 0 atom stereocenters. The maximum Gasteiger partial charge on any atom is 0.338 e. The van der Waals surface area contributed by atoms with Crippen LogP contribution in [0.2, 0.25) is 9.36 Å². The lowest BCUT2D eigenvalue weighted by molar-refractivity contribution is 0.0526. The van der Waals surface area contributed by atoms with Gasteiger partial charge in [-0.25, -0.2) is 4.79 Å². The zero-order chi connectivity index (χ0) is 14.5. The van der Waals surface area contributed by atoms with Crippen LogP contribution in [0, 0.1) is 0 Å². The van der Waals surface area contributed by atoms with Gasteiger partial charge in [0.25, 0.3) is 0 Å². The lowest BCUT2D eigenvalue weighted by Gasteiger charge is -2.01. The van der Waals surface area contributed by atoms with Crippen LogP contribution in [0.1, 0.15) is 23.0 Å². The van der Waals surface area contributed by atoms with Gasteiger partial charge in [-0.15, -0.1) is 0 Å². The summed E-state index contributed by atoms with van der Waals surface area (Å²) >= 11 is 12.9. The lowest BCUT2D eigenvalue weighted by Crippen LogP contribution is -2.03. The number of benzene rings is 1. The Hall–Kier alpha value is -1.43. The average molecular weight is 329 g/mol. The summed E-state index contributed by atoms with van der Waals surface area (Å²) in [4.78, 5) is 15.7. The van der Waals surface area contributed by atoms with Crippen molar-refractivity contribution in [1.82, 2.24) is 4.37 Å². The molecule has 1 aromatic heterocycles. The highest BCUT2D eigenvalue weighted by molar-refractivity contribution is 7.11. The average Bonchev–Trinajstić information content (AvgIpc) is 2.77. The Balaban J connectivity index is 2.11. The summed E-state index contributed by atoms with van der Waals surface area (Å²) < 4.78 is 9.39. The van der Waals surface area contributed by atoms with Crippen molar-refractivity contribution in [3.63, 3.8) is 0 Å². The Labute approximate surface area is 130 Å². The minimum absolute atomic E-state index is 0.349. The summed E-state index contributed by atoms with van der Waals surface area (Å²) in [7, 11) is 0. The summed E-state index contributed by atoms with van der Waals surface area (Å²) in [6.07, 6.45) is 1.53. The first kappa shape index (κ1) is 15.0. The molecule has 0 saturated carbocycles. The third-order valence-electron chi connectivity index (χ3n) is 2.34. The summed E-state index contributed by atoms with van der Waals surface area (Å²) in [5.74, 6) is -0.350. The summed E-state index contributed by atoms with van der Waals surface area (Å²) in [6, 6.07) is 6.73. The predicted octanol–water partition coefficient (Wildman–Crippen LogP) is 4.38. The molecule has 0 unspecified atom stereocenters. The van der Waals surface area contributed by atoms with Crippen LogP contribution in [0.5, 0.6) is 0 Å². The van der Waals surface area contributed by atoms with Crippen LogP contribution >= 0.6 is 34.7 Å². The molecular formula is C13H10Cl2N2O2S. The summed E-state index contributed by atoms with van der Waals surface area (Å²) in [6.45, 7) is 2.11. The maximum absolute atomic E-state index is 11.5. The fourth-order valence-electron chi connectivity index (χ4n) is 1.38. The number of halogens is 2. The van der Waals surface area contributed by atoms with Gasteiger partial charge in [0.1, 0.15) is 10.0 Å². The number of hydrogen-bond acceptors (Lipinski definition) is 5. The number of rotatable bonds is 4. The van der Waals surface area contributed by atoms with E-state index in [4.69, 9.17) is 27.9 Å². The van der Waals surface area contributed by atoms with Gasteiger partial charge in [-0.3, -0.25) is 4.99 Å². The maximum atomic E-state index is 11.5. The van der Waals surface area contributed by atoms with Crippen molar-refractivity contribution in [2.45, 2.75) is 6.92 Å². The van der Waals surface area contributed by atoms with E-state index in [1.807, 2.05) is 0 Å². The molecule has 1 aromatic carbocycles. The van der Waals surface area contributed by atoms with Crippen molar-refractivity contribution in [3.8, 4) is 0 Å². The van der Waals surface area contributed by atoms with E-state index in [1.54, 1.807) is 31.2 Å². The van der Waals surface area contributed by atoms with E-state index in [9.17, 15) is 4.79 Å². The van der Waals surface area contributed by atoms with Gasteiger partial charge in [-0.1, -0.05) is 23.2 Å². The van der Waals surface area contributed by atoms with Crippen LogP contribution in [0.15, 0.2) is 29.3 Å². The molecule has 0 bridgehead atoms. The van der Waals surface area contributed by atoms with Crippen molar-refractivity contribution in [1.29, 1.82) is 0 Å². The molecule has 1 heterocycles. The topological polar surface area (TPSA) is 51.5 Å². The third-order valence-corrected chi connectivity index (χ3v) is 3.98. The Bertz CT molecular complexity index is 638. The zero-order valence-corrected chi connectivity index (χ0v) is 12.8. The Morgan fingerprint density at radius 3 is 2.65 bits per heavy atom. The molecule has 0 aliphatic rings. The normalized spacial score (nSPS) is 10.9. The Morgan fingerprint density at radius 1 is 1.40 bits per heavy atom. The van der Waals surface area contributed by atoms with Gasteiger partial charge in [0, 0.05) is 0 Å². The van der Waals surface area contributed by atoms with Crippen LogP contribution in [0.25, 0.3) is 0 Å². The first-order valence-electron chi connectivity index (χ1n) is 5.73. The monoisotopic (exact) mass is 328 g/mol. The number of aromatic nitrogens is 1. The van der Waals surface area contributed by atoms with E-state index in [2.05, 4.69) is 9.37 Å². The zero-order valence-electron chi connectivity index (χ0n) is 10.5. The molecule has 0 fully saturated rings. The lowest BCUT2D eigenvalue weighted by atomic mass is 10.2. The van der Waals surface area contributed by atoms with Crippen molar-refractivity contribution in [2.75, 3.05) is 6.61 Å². The second-order valence-electron chi connectivity index (χ2n) is 3.68. The largest absolute Gasteiger partial charge is 0.462 e. The van der Waals surface area contributed by atoms with Gasteiger partial charge < -0.3 is 4.74 Å². The van der Waals surface area contributed by atoms with E-state index >= 15 is 0 Å². The second kappa shape index (κ2) is 6.83. The smallest absolute Gasteiger partial charge is 0.338 e. The Morgan fingerprint density at radius 2 is 2.10 bits per heavy atom. The van der Waals surface area contributed by atoms with Crippen molar-refractivity contribution in [2.24, 2.45) is 4.99 Å².